The monoisotopic (exact) mass is 445 g/mol. The van der Waals surface area contributed by atoms with Crippen LogP contribution in [0.3, 0.4) is 0 Å². The van der Waals surface area contributed by atoms with Crippen molar-refractivity contribution in [3.8, 4) is 22.2 Å². The number of hydrogen-bond acceptors (Lipinski definition) is 6. The summed E-state index contributed by atoms with van der Waals surface area (Å²) in [4.78, 5) is 36.0. The Labute approximate surface area is 184 Å². The SMILES string of the molecule is N#CCn1c(=O)n(-c2cncc3cccnc23)c(=O)c2sc(-c3ccccc3Cl)cc21. The van der Waals surface area contributed by atoms with Crippen LogP contribution < -0.4 is 11.2 Å². The van der Waals surface area contributed by atoms with Crippen LogP contribution in [0, 0.1) is 11.3 Å². The first-order valence-electron chi connectivity index (χ1n) is 9.20. The number of hydrogen-bond donors (Lipinski definition) is 0. The van der Waals surface area contributed by atoms with Gasteiger partial charge in [-0.15, -0.1) is 11.3 Å². The number of fused-ring (bicyclic) bond motifs is 2. The minimum absolute atomic E-state index is 0.208. The summed E-state index contributed by atoms with van der Waals surface area (Å²) >= 11 is 7.56. The first-order valence-corrected chi connectivity index (χ1v) is 10.4. The Bertz CT molecular complexity index is 1640. The molecule has 0 spiro atoms. The summed E-state index contributed by atoms with van der Waals surface area (Å²) in [6.45, 7) is -0.208. The van der Waals surface area contributed by atoms with Crippen molar-refractivity contribution >= 4 is 44.1 Å². The summed E-state index contributed by atoms with van der Waals surface area (Å²) < 4.78 is 2.67. The van der Waals surface area contributed by atoms with Crippen molar-refractivity contribution in [3.05, 3.63) is 86.9 Å². The topological polar surface area (TPSA) is 93.6 Å². The van der Waals surface area contributed by atoms with E-state index in [1.54, 1.807) is 36.7 Å². The number of nitrogens with zero attached hydrogens (tertiary/aromatic N) is 5. The van der Waals surface area contributed by atoms with Gasteiger partial charge in [0.05, 0.1) is 29.0 Å². The zero-order valence-electron chi connectivity index (χ0n) is 15.8. The molecule has 0 fully saturated rings. The average Bonchev–Trinajstić information content (AvgIpc) is 3.22. The Balaban J connectivity index is 1.89. The number of pyridine rings is 2. The Hall–Kier alpha value is -3.80. The minimum Gasteiger partial charge on any atom is -0.278 e. The second kappa shape index (κ2) is 7.47. The molecule has 4 aromatic heterocycles. The Kier molecular flexibility index (Phi) is 4.62. The van der Waals surface area contributed by atoms with Gasteiger partial charge in [-0.05, 0) is 24.3 Å². The molecule has 0 aliphatic rings. The standard InChI is InChI=1S/C22H12ClN5O2S/c23-15-6-2-1-5-14(15)18-10-16-20(31-18)21(29)28(22(30)27(16)9-7-24)17-12-25-11-13-4-3-8-26-19(13)17/h1-6,8,10-12H,9H2. The first kappa shape index (κ1) is 19.2. The maximum Gasteiger partial charge on any atom is 0.337 e. The van der Waals surface area contributed by atoms with Gasteiger partial charge in [0.15, 0.2) is 0 Å². The lowest BCUT2D eigenvalue weighted by Crippen LogP contribution is -2.38. The van der Waals surface area contributed by atoms with Crippen LogP contribution >= 0.6 is 22.9 Å². The van der Waals surface area contributed by atoms with Gasteiger partial charge in [-0.3, -0.25) is 19.3 Å². The van der Waals surface area contributed by atoms with Crippen LogP contribution in [0.1, 0.15) is 0 Å². The van der Waals surface area contributed by atoms with E-state index in [2.05, 4.69) is 9.97 Å². The molecule has 0 bridgehead atoms. The van der Waals surface area contributed by atoms with Crippen LogP contribution in [0.15, 0.2) is 70.6 Å². The Morgan fingerprint density at radius 2 is 1.97 bits per heavy atom. The van der Waals surface area contributed by atoms with E-state index in [1.165, 1.54) is 22.1 Å². The lowest BCUT2D eigenvalue weighted by molar-refractivity contribution is 0.735. The maximum atomic E-state index is 13.5. The van der Waals surface area contributed by atoms with Crippen LogP contribution in [0.2, 0.25) is 5.02 Å². The Morgan fingerprint density at radius 3 is 2.77 bits per heavy atom. The smallest absolute Gasteiger partial charge is 0.278 e. The van der Waals surface area contributed by atoms with Gasteiger partial charge in [0.25, 0.3) is 5.56 Å². The molecule has 0 N–H and O–H groups in total. The second-order valence-electron chi connectivity index (χ2n) is 6.71. The Morgan fingerprint density at radius 1 is 1.13 bits per heavy atom. The number of halogens is 1. The van der Waals surface area contributed by atoms with E-state index < -0.39 is 11.2 Å². The van der Waals surface area contributed by atoms with Crippen molar-refractivity contribution in [3.63, 3.8) is 0 Å². The lowest BCUT2D eigenvalue weighted by atomic mass is 10.2. The van der Waals surface area contributed by atoms with Crippen LogP contribution in [0.4, 0.5) is 0 Å². The molecule has 0 saturated heterocycles. The van der Waals surface area contributed by atoms with Crippen LogP contribution in [-0.2, 0) is 6.54 Å². The van der Waals surface area contributed by atoms with E-state index in [-0.39, 0.29) is 12.2 Å². The van der Waals surface area contributed by atoms with Crippen LogP contribution in [0.5, 0.6) is 0 Å². The van der Waals surface area contributed by atoms with Gasteiger partial charge < -0.3 is 0 Å². The molecule has 9 heteroatoms. The predicted octanol–water partition coefficient (Wildman–Crippen LogP) is 4.00. The molecular weight excluding hydrogens is 434 g/mol. The van der Waals surface area contributed by atoms with Gasteiger partial charge in [-0.2, -0.15) is 5.26 Å². The molecule has 1 aromatic carbocycles. The van der Waals surface area contributed by atoms with Gasteiger partial charge >= 0.3 is 5.69 Å². The third-order valence-corrected chi connectivity index (χ3v) is 6.40. The molecule has 0 amide bonds. The van der Waals surface area contributed by atoms with E-state index in [4.69, 9.17) is 11.6 Å². The highest BCUT2D eigenvalue weighted by Crippen LogP contribution is 2.35. The van der Waals surface area contributed by atoms with Gasteiger partial charge in [0.2, 0.25) is 0 Å². The fraction of sp³-hybridized carbons (Fsp3) is 0.0455. The van der Waals surface area contributed by atoms with Crippen molar-refractivity contribution in [2.45, 2.75) is 6.54 Å². The summed E-state index contributed by atoms with van der Waals surface area (Å²) in [6, 6.07) is 14.6. The highest BCUT2D eigenvalue weighted by Gasteiger charge is 2.20. The number of aromatic nitrogens is 4. The first-order chi connectivity index (χ1) is 15.1. The second-order valence-corrected chi connectivity index (χ2v) is 8.17. The number of benzene rings is 1. The van der Waals surface area contributed by atoms with Crippen molar-refractivity contribution < 1.29 is 0 Å². The van der Waals surface area contributed by atoms with E-state index >= 15 is 0 Å². The maximum absolute atomic E-state index is 13.5. The molecule has 4 heterocycles. The summed E-state index contributed by atoms with van der Waals surface area (Å²) in [5, 5.41) is 10.6. The summed E-state index contributed by atoms with van der Waals surface area (Å²) in [7, 11) is 0. The molecule has 0 aliphatic heterocycles. The van der Waals surface area contributed by atoms with Crippen molar-refractivity contribution in [1.29, 1.82) is 5.26 Å². The van der Waals surface area contributed by atoms with E-state index in [9.17, 15) is 14.9 Å². The fourth-order valence-electron chi connectivity index (χ4n) is 3.53. The molecule has 0 saturated carbocycles. The van der Waals surface area contributed by atoms with Crippen LogP contribution in [0.25, 0.3) is 37.2 Å². The third kappa shape index (κ3) is 3.03. The summed E-state index contributed by atoms with van der Waals surface area (Å²) in [6.07, 6.45) is 4.64. The summed E-state index contributed by atoms with van der Waals surface area (Å²) in [5.74, 6) is 0. The molecule has 150 valence electrons. The third-order valence-electron chi connectivity index (χ3n) is 4.92. The zero-order chi connectivity index (χ0) is 21.5. The van der Waals surface area contributed by atoms with Gasteiger partial charge in [0, 0.05) is 33.2 Å². The highest BCUT2D eigenvalue weighted by molar-refractivity contribution is 7.22. The normalized spacial score (nSPS) is 11.1. The molecule has 7 nitrogen and oxygen atoms in total. The summed E-state index contributed by atoms with van der Waals surface area (Å²) in [5.41, 5.74) is 0.784. The van der Waals surface area contributed by atoms with Gasteiger partial charge in [-0.1, -0.05) is 29.8 Å². The molecule has 0 radical (unpaired) electrons. The molecule has 0 atom stereocenters. The van der Waals surface area contributed by atoms with Crippen molar-refractivity contribution in [1.82, 2.24) is 19.1 Å². The number of thiophene rings is 1. The lowest BCUT2D eigenvalue weighted by Gasteiger charge is -2.10. The van der Waals surface area contributed by atoms with E-state index in [0.29, 0.717) is 26.1 Å². The zero-order valence-corrected chi connectivity index (χ0v) is 17.4. The number of rotatable bonds is 3. The van der Waals surface area contributed by atoms with Gasteiger partial charge in [0.1, 0.15) is 11.2 Å². The predicted molar refractivity (Wildman–Crippen MR) is 121 cm³/mol. The quantitative estimate of drug-likeness (QED) is 0.418. The highest BCUT2D eigenvalue weighted by atomic mass is 35.5. The minimum atomic E-state index is -0.623. The molecule has 5 aromatic rings. The van der Waals surface area contributed by atoms with Crippen molar-refractivity contribution in [2.75, 3.05) is 0 Å². The molecule has 5 rings (SSSR count). The number of nitriles is 1. The molecule has 0 aliphatic carbocycles. The molecule has 0 unspecified atom stereocenters. The van der Waals surface area contributed by atoms with Crippen molar-refractivity contribution in [2.24, 2.45) is 0 Å². The van der Waals surface area contributed by atoms with Gasteiger partial charge in [-0.25, -0.2) is 9.36 Å². The fourth-order valence-corrected chi connectivity index (χ4v) is 4.95. The average molecular weight is 446 g/mol. The van der Waals surface area contributed by atoms with E-state index in [1.807, 2.05) is 24.3 Å². The molecule has 31 heavy (non-hydrogen) atoms. The van der Waals surface area contributed by atoms with Crippen LogP contribution in [-0.4, -0.2) is 19.1 Å². The van der Waals surface area contributed by atoms with E-state index in [0.717, 1.165) is 15.0 Å². The molecular formula is C22H12ClN5O2S. The largest absolute Gasteiger partial charge is 0.337 e.